The second-order valence-corrected chi connectivity index (χ2v) is 2.45. The lowest BCUT2D eigenvalue weighted by Crippen LogP contribution is -1.98. The third-order valence-electron chi connectivity index (χ3n) is 1.57. The largest absolute Gasteiger partial charge is 0.319 e. The fraction of sp³-hybridized carbons (Fsp3) is 0.571. The van der Waals surface area contributed by atoms with Crippen molar-refractivity contribution in [2.24, 2.45) is 0 Å². The summed E-state index contributed by atoms with van der Waals surface area (Å²) in [5.74, 6) is 0. The lowest BCUT2D eigenvalue weighted by atomic mass is 10.4. The maximum Gasteiger partial charge on any atom is 0.202 e. The van der Waals surface area contributed by atoms with Crippen LogP contribution in [0.5, 0.6) is 0 Å². The van der Waals surface area contributed by atoms with Gasteiger partial charge in [0, 0.05) is 18.4 Å². The molecule has 0 amide bonds. The number of halogens is 1. The summed E-state index contributed by atoms with van der Waals surface area (Å²) in [7, 11) is 0. The first-order chi connectivity index (χ1) is 4.79. The molecule has 0 saturated heterocycles. The topological polar surface area (TPSA) is 17.8 Å². The van der Waals surface area contributed by atoms with Crippen LogP contribution in [-0.4, -0.2) is 9.55 Å². The van der Waals surface area contributed by atoms with Gasteiger partial charge in [-0.05, 0) is 24.9 Å². The molecule has 3 heteroatoms. The molecule has 0 atom stereocenters. The number of hydrogen-bond acceptors (Lipinski definition) is 1. The Morgan fingerprint density at radius 3 is 2.70 bits per heavy atom. The Morgan fingerprint density at radius 1 is 1.60 bits per heavy atom. The van der Waals surface area contributed by atoms with E-state index in [2.05, 4.69) is 18.8 Å². The Morgan fingerprint density at radius 2 is 2.30 bits per heavy atom. The number of hydrogen-bond donors (Lipinski definition) is 0. The highest BCUT2D eigenvalue weighted by atomic mass is 35.5. The van der Waals surface area contributed by atoms with Crippen LogP contribution in [-0.2, 0) is 13.0 Å². The van der Waals surface area contributed by atoms with E-state index in [1.54, 1.807) is 0 Å². The molecule has 1 aromatic rings. The highest BCUT2D eigenvalue weighted by Crippen LogP contribution is 2.10. The number of nitrogens with zero attached hydrogens (tertiary/aromatic N) is 2. The molecular weight excluding hydrogens is 148 g/mol. The van der Waals surface area contributed by atoms with Crippen LogP contribution in [0.2, 0.25) is 5.28 Å². The van der Waals surface area contributed by atoms with Gasteiger partial charge in [0.1, 0.15) is 0 Å². The molecule has 0 saturated carbocycles. The second-order valence-electron chi connectivity index (χ2n) is 2.12. The molecule has 0 aliphatic carbocycles. The van der Waals surface area contributed by atoms with Crippen LogP contribution in [0.4, 0.5) is 0 Å². The van der Waals surface area contributed by atoms with Gasteiger partial charge in [0.25, 0.3) is 0 Å². The van der Waals surface area contributed by atoms with Crippen molar-refractivity contribution in [1.29, 1.82) is 0 Å². The summed E-state index contributed by atoms with van der Waals surface area (Å²) < 4.78 is 2.00. The Labute approximate surface area is 65.8 Å². The highest BCUT2D eigenvalue weighted by molar-refractivity contribution is 6.28. The normalized spacial score (nSPS) is 10.3. The van der Waals surface area contributed by atoms with Gasteiger partial charge in [0.05, 0.1) is 0 Å². The summed E-state index contributed by atoms with van der Waals surface area (Å²) >= 11 is 5.78. The SMILES string of the molecule is CCc1cnc(Cl)n1CC. The lowest BCUT2D eigenvalue weighted by Gasteiger charge is -2.01. The van der Waals surface area contributed by atoms with Gasteiger partial charge in [-0.25, -0.2) is 4.98 Å². The van der Waals surface area contributed by atoms with E-state index in [1.165, 1.54) is 5.69 Å². The zero-order valence-electron chi connectivity index (χ0n) is 6.26. The van der Waals surface area contributed by atoms with Crippen molar-refractivity contribution in [3.8, 4) is 0 Å². The van der Waals surface area contributed by atoms with E-state index in [0.717, 1.165) is 13.0 Å². The van der Waals surface area contributed by atoms with Crippen LogP contribution in [0.1, 0.15) is 19.5 Å². The molecule has 0 spiro atoms. The zero-order chi connectivity index (χ0) is 7.56. The van der Waals surface area contributed by atoms with Crippen LogP contribution >= 0.6 is 11.6 Å². The smallest absolute Gasteiger partial charge is 0.202 e. The van der Waals surface area contributed by atoms with Gasteiger partial charge in [-0.1, -0.05) is 6.92 Å². The zero-order valence-corrected chi connectivity index (χ0v) is 7.02. The molecule has 2 nitrogen and oxygen atoms in total. The molecule has 0 bridgehead atoms. The first-order valence-electron chi connectivity index (χ1n) is 3.49. The highest BCUT2D eigenvalue weighted by Gasteiger charge is 2.02. The first-order valence-corrected chi connectivity index (χ1v) is 3.87. The number of imidazole rings is 1. The molecule has 0 radical (unpaired) electrons. The first kappa shape index (κ1) is 7.61. The number of rotatable bonds is 2. The van der Waals surface area contributed by atoms with Crippen molar-refractivity contribution in [1.82, 2.24) is 9.55 Å². The summed E-state index contributed by atoms with van der Waals surface area (Å²) in [6, 6.07) is 0. The van der Waals surface area contributed by atoms with Crippen molar-refractivity contribution in [2.45, 2.75) is 26.8 Å². The van der Waals surface area contributed by atoms with E-state index in [-0.39, 0.29) is 0 Å². The molecule has 0 unspecified atom stereocenters. The molecule has 10 heavy (non-hydrogen) atoms. The number of aryl methyl sites for hydroxylation is 1. The molecule has 1 rings (SSSR count). The average Bonchev–Trinajstić information content (AvgIpc) is 2.30. The Hall–Kier alpha value is -0.500. The van der Waals surface area contributed by atoms with E-state index in [4.69, 9.17) is 11.6 Å². The Balaban J connectivity index is 3.01. The molecule has 0 aliphatic rings. The number of aromatic nitrogens is 2. The van der Waals surface area contributed by atoms with E-state index in [9.17, 15) is 0 Å². The monoisotopic (exact) mass is 158 g/mol. The van der Waals surface area contributed by atoms with Crippen LogP contribution in [0.25, 0.3) is 0 Å². The predicted octanol–water partition coefficient (Wildman–Crippen LogP) is 2.12. The van der Waals surface area contributed by atoms with Gasteiger partial charge in [0.2, 0.25) is 5.28 Å². The minimum Gasteiger partial charge on any atom is -0.319 e. The molecule has 0 N–H and O–H groups in total. The molecule has 0 fully saturated rings. The standard InChI is InChI=1S/C7H11ClN2/c1-3-6-5-9-7(8)10(6)4-2/h5H,3-4H2,1-2H3. The van der Waals surface area contributed by atoms with Gasteiger partial charge in [-0.15, -0.1) is 0 Å². The molecule has 0 aromatic carbocycles. The summed E-state index contributed by atoms with van der Waals surface area (Å²) in [5.41, 5.74) is 1.20. The lowest BCUT2D eigenvalue weighted by molar-refractivity contribution is 0.718. The van der Waals surface area contributed by atoms with Crippen molar-refractivity contribution in [3.63, 3.8) is 0 Å². The fourth-order valence-electron chi connectivity index (χ4n) is 1.00. The van der Waals surface area contributed by atoms with Crippen LogP contribution < -0.4 is 0 Å². The minimum atomic E-state index is 0.597. The quantitative estimate of drug-likeness (QED) is 0.645. The third kappa shape index (κ3) is 1.16. The minimum absolute atomic E-state index is 0.597. The summed E-state index contributed by atoms with van der Waals surface area (Å²) in [4.78, 5) is 3.99. The molecule has 0 aliphatic heterocycles. The van der Waals surface area contributed by atoms with Gasteiger partial charge in [-0.2, -0.15) is 0 Å². The summed E-state index contributed by atoms with van der Waals surface area (Å²) in [6.45, 7) is 5.06. The van der Waals surface area contributed by atoms with E-state index >= 15 is 0 Å². The van der Waals surface area contributed by atoms with Crippen molar-refractivity contribution in [3.05, 3.63) is 17.2 Å². The fourth-order valence-corrected chi connectivity index (χ4v) is 1.28. The average molecular weight is 159 g/mol. The van der Waals surface area contributed by atoms with E-state index in [1.807, 2.05) is 10.8 Å². The molecule has 1 aromatic heterocycles. The van der Waals surface area contributed by atoms with Crippen molar-refractivity contribution < 1.29 is 0 Å². The second kappa shape index (κ2) is 3.06. The van der Waals surface area contributed by atoms with Crippen molar-refractivity contribution in [2.75, 3.05) is 0 Å². The van der Waals surface area contributed by atoms with E-state index < -0.39 is 0 Å². The van der Waals surface area contributed by atoms with Crippen molar-refractivity contribution >= 4 is 11.6 Å². The van der Waals surface area contributed by atoms with Gasteiger partial charge in [-0.3, -0.25) is 0 Å². The molecule has 56 valence electrons. The van der Waals surface area contributed by atoms with Gasteiger partial charge >= 0.3 is 0 Å². The van der Waals surface area contributed by atoms with Crippen LogP contribution in [0, 0.1) is 0 Å². The summed E-state index contributed by atoms with van der Waals surface area (Å²) in [5, 5.41) is 0.597. The maximum atomic E-state index is 5.78. The maximum absolute atomic E-state index is 5.78. The van der Waals surface area contributed by atoms with Gasteiger partial charge < -0.3 is 4.57 Å². The molecular formula is C7H11ClN2. The Kier molecular flexibility index (Phi) is 2.33. The Bertz CT molecular complexity index is 217. The third-order valence-corrected chi connectivity index (χ3v) is 1.87. The van der Waals surface area contributed by atoms with E-state index in [0.29, 0.717) is 5.28 Å². The van der Waals surface area contributed by atoms with Gasteiger partial charge in [0.15, 0.2) is 0 Å². The molecule has 1 heterocycles. The van der Waals surface area contributed by atoms with Crippen LogP contribution in [0.3, 0.4) is 0 Å². The predicted molar refractivity (Wildman–Crippen MR) is 42.3 cm³/mol. The van der Waals surface area contributed by atoms with Crippen LogP contribution in [0.15, 0.2) is 6.20 Å². The summed E-state index contributed by atoms with van der Waals surface area (Å²) in [6.07, 6.45) is 2.82.